The van der Waals surface area contributed by atoms with Crippen molar-refractivity contribution in [2.24, 2.45) is 4.99 Å². The van der Waals surface area contributed by atoms with Gasteiger partial charge in [0.2, 0.25) is 0 Å². The van der Waals surface area contributed by atoms with Crippen LogP contribution in [0.1, 0.15) is 16.8 Å². The highest BCUT2D eigenvalue weighted by molar-refractivity contribution is 8.19. The topological polar surface area (TPSA) is 45.6 Å². The minimum absolute atomic E-state index is 0.0779. The highest BCUT2D eigenvalue weighted by Crippen LogP contribution is 2.37. The fraction of sp³-hybridized carbons (Fsp3) is 0.0870. The van der Waals surface area contributed by atoms with Crippen molar-refractivity contribution in [3.05, 3.63) is 94.5 Å². The summed E-state index contributed by atoms with van der Waals surface area (Å²) in [5.41, 5.74) is 3.83. The van der Waals surface area contributed by atoms with Gasteiger partial charge in [0, 0.05) is 5.69 Å². The van der Waals surface area contributed by atoms with Crippen molar-refractivity contribution >= 4 is 40.4 Å². The van der Waals surface area contributed by atoms with Crippen LogP contribution in [0.4, 0.5) is 11.5 Å². The predicted octanol–water partition coefficient (Wildman–Crippen LogP) is 5.51. The van der Waals surface area contributed by atoms with Gasteiger partial charge in [-0.25, -0.2) is 9.98 Å². The lowest BCUT2D eigenvalue weighted by Gasteiger charge is -2.15. The molecule has 1 fully saturated rings. The molecule has 28 heavy (non-hydrogen) atoms. The first-order valence-corrected chi connectivity index (χ1v) is 9.80. The zero-order chi connectivity index (χ0) is 19.5. The first kappa shape index (κ1) is 18.2. The SMILES string of the molecule is Cc1cccc(/N=C2/S/C(=C\c3ccccc3C)C(=O)N2c2ccccc2)n1. The van der Waals surface area contributed by atoms with Crippen LogP contribution in [-0.4, -0.2) is 16.1 Å². The maximum Gasteiger partial charge on any atom is 0.271 e. The fourth-order valence-corrected chi connectivity index (χ4v) is 3.91. The van der Waals surface area contributed by atoms with Gasteiger partial charge in [-0.15, -0.1) is 0 Å². The third kappa shape index (κ3) is 3.75. The molecule has 0 radical (unpaired) electrons. The fourth-order valence-electron chi connectivity index (χ4n) is 2.93. The predicted molar refractivity (Wildman–Crippen MR) is 117 cm³/mol. The van der Waals surface area contributed by atoms with Crippen LogP contribution in [0.5, 0.6) is 0 Å². The Morgan fingerprint density at radius 1 is 0.929 bits per heavy atom. The minimum atomic E-state index is -0.0779. The smallest absolute Gasteiger partial charge is 0.268 e. The average molecular weight is 385 g/mol. The number of carbonyl (C=O) groups excluding carboxylic acids is 1. The van der Waals surface area contributed by atoms with Gasteiger partial charge >= 0.3 is 0 Å². The molecule has 0 bridgehead atoms. The number of thioether (sulfide) groups is 1. The maximum absolute atomic E-state index is 13.2. The first-order valence-electron chi connectivity index (χ1n) is 8.99. The van der Waals surface area contributed by atoms with E-state index >= 15 is 0 Å². The number of pyridine rings is 1. The number of rotatable bonds is 3. The molecule has 0 spiro atoms. The van der Waals surface area contributed by atoms with E-state index in [0.29, 0.717) is 15.9 Å². The Hall–Kier alpha value is -3.18. The normalized spacial score (nSPS) is 16.9. The van der Waals surface area contributed by atoms with Gasteiger partial charge in [-0.1, -0.05) is 48.5 Å². The molecule has 4 rings (SSSR count). The summed E-state index contributed by atoms with van der Waals surface area (Å²) in [6.45, 7) is 3.96. The molecule has 0 atom stereocenters. The van der Waals surface area contributed by atoms with Crippen molar-refractivity contribution in [3.63, 3.8) is 0 Å². The van der Waals surface area contributed by atoms with E-state index in [1.165, 1.54) is 11.8 Å². The zero-order valence-electron chi connectivity index (χ0n) is 15.7. The third-order valence-electron chi connectivity index (χ3n) is 4.38. The summed E-state index contributed by atoms with van der Waals surface area (Å²) in [6.07, 6.45) is 1.93. The Morgan fingerprint density at radius 2 is 1.68 bits per heavy atom. The number of carbonyl (C=O) groups is 1. The van der Waals surface area contributed by atoms with Gasteiger partial charge in [-0.05, 0) is 67.1 Å². The monoisotopic (exact) mass is 385 g/mol. The average Bonchev–Trinajstić information content (AvgIpc) is 2.99. The number of hydrogen-bond donors (Lipinski definition) is 0. The van der Waals surface area contributed by atoms with E-state index < -0.39 is 0 Å². The minimum Gasteiger partial charge on any atom is -0.268 e. The second-order valence-electron chi connectivity index (χ2n) is 6.47. The third-order valence-corrected chi connectivity index (χ3v) is 5.35. The van der Waals surface area contributed by atoms with Crippen LogP contribution in [0.25, 0.3) is 6.08 Å². The molecule has 5 heteroatoms. The number of hydrogen-bond acceptors (Lipinski definition) is 4. The molecule has 0 aliphatic carbocycles. The number of nitrogens with zero attached hydrogens (tertiary/aromatic N) is 3. The number of amidine groups is 1. The highest BCUT2D eigenvalue weighted by Gasteiger charge is 2.34. The Bertz CT molecular complexity index is 1090. The van der Waals surface area contributed by atoms with Gasteiger partial charge in [0.25, 0.3) is 5.91 Å². The van der Waals surface area contributed by atoms with Gasteiger partial charge in [0.15, 0.2) is 11.0 Å². The molecular weight excluding hydrogens is 366 g/mol. The first-order chi connectivity index (χ1) is 13.6. The van der Waals surface area contributed by atoms with Gasteiger partial charge in [0.1, 0.15) is 0 Å². The van der Waals surface area contributed by atoms with Crippen molar-refractivity contribution in [1.82, 2.24) is 4.98 Å². The van der Waals surface area contributed by atoms with Gasteiger partial charge in [-0.3, -0.25) is 9.69 Å². The molecule has 138 valence electrons. The summed E-state index contributed by atoms with van der Waals surface area (Å²) >= 11 is 1.37. The molecular formula is C23H19N3OS. The van der Waals surface area contributed by atoms with Crippen molar-refractivity contribution in [1.29, 1.82) is 0 Å². The zero-order valence-corrected chi connectivity index (χ0v) is 16.5. The van der Waals surface area contributed by atoms with Crippen LogP contribution < -0.4 is 4.90 Å². The Labute approximate surface area is 168 Å². The maximum atomic E-state index is 13.2. The summed E-state index contributed by atoms with van der Waals surface area (Å²) in [6, 6.07) is 23.3. The van der Waals surface area contributed by atoms with E-state index in [9.17, 15) is 4.79 Å². The van der Waals surface area contributed by atoms with E-state index in [2.05, 4.69) is 9.98 Å². The Kier molecular flexibility index (Phi) is 5.08. The summed E-state index contributed by atoms with van der Waals surface area (Å²) in [7, 11) is 0. The summed E-state index contributed by atoms with van der Waals surface area (Å²) < 4.78 is 0. The molecule has 3 aromatic rings. The van der Waals surface area contributed by atoms with Crippen LogP contribution in [-0.2, 0) is 4.79 Å². The molecule has 4 nitrogen and oxygen atoms in total. The lowest BCUT2D eigenvalue weighted by atomic mass is 10.1. The number of para-hydroxylation sites is 1. The largest absolute Gasteiger partial charge is 0.271 e. The molecule has 1 amide bonds. The van der Waals surface area contributed by atoms with E-state index in [0.717, 1.165) is 22.5 Å². The molecule has 0 saturated carbocycles. The van der Waals surface area contributed by atoms with Gasteiger partial charge in [-0.2, -0.15) is 0 Å². The molecule has 1 aromatic heterocycles. The quantitative estimate of drug-likeness (QED) is 0.559. The number of benzene rings is 2. The number of amides is 1. The molecule has 1 saturated heterocycles. The van der Waals surface area contributed by atoms with Crippen molar-refractivity contribution < 1.29 is 4.79 Å². The number of aliphatic imine (C=N–C) groups is 1. The van der Waals surface area contributed by atoms with Crippen LogP contribution in [0.15, 0.2) is 82.7 Å². The molecule has 1 aliphatic heterocycles. The van der Waals surface area contributed by atoms with Gasteiger partial charge < -0.3 is 0 Å². The van der Waals surface area contributed by atoms with E-state index in [1.807, 2.05) is 92.7 Å². The summed E-state index contributed by atoms with van der Waals surface area (Å²) in [5, 5.41) is 0.606. The van der Waals surface area contributed by atoms with E-state index in [-0.39, 0.29) is 5.91 Å². The molecule has 0 N–H and O–H groups in total. The number of aryl methyl sites for hydroxylation is 2. The van der Waals surface area contributed by atoms with Crippen LogP contribution in [0, 0.1) is 13.8 Å². The van der Waals surface area contributed by atoms with Crippen molar-refractivity contribution in [2.75, 3.05) is 4.90 Å². The van der Waals surface area contributed by atoms with Gasteiger partial charge in [0.05, 0.1) is 10.6 Å². The molecule has 1 aliphatic rings. The Morgan fingerprint density at radius 3 is 2.43 bits per heavy atom. The van der Waals surface area contributed by atoms with Crippen LogP contribution in [0.3, 0.4) is 0 Å². The summed E-state index contributed by atoms with van der Waals surface area (Å²) in [4.78, 5) is 24.6. The lowest BCUT2D eigenvalue weighted by molar-refractivity contribution is -0.113. The Balaban J connectivity index is 1.79. The summed E-state index contributed by atoms with van der Waals surface area (Å²) in [5.74, 6) is 0.513. The van der Waals surface area contributed by atoms with Crippen LogP contribution >= 0.6 is 11.8 Å². The lowest BCUT2D eigenvalue weighted by Crippen LogP contribution is -2.28. The van der Waals surface area contributed by atoms with E-state index in [4.69, 9.17) is 0 Å². The van der Waals surface area contributed by atoms with Crippen LogP contribution in [0.2, 0.25) is 0 Å². The standard InChI is InChI=1S/C23H19N3OS/c1-16-9-6-7-11-18(16)15-20-22(27)26(19-12-4-3-5-13-19)23(28-20)25-21-14-8-10-17(2)24-21/h3-15H,1-2H3/b20-15-,25-23+. The van der Waals surface area contributed by atoms with Crippen molar-refractivity contribution in [2.45, 2.75) is 13.8 Å². The molecule has 0 unspecified atom stereocenters. The second kappa shape index (κ2) is 7.82. The molecule has 2 aromatic carbocycles. The van der Waals surface area contributed by atoms with E-state index in [1.54, 1.807) is 4.90 Å². The number of aromatic nitrogens is 1. The highest BCUT2D eigenvalue weighted by atomic mass is 32.2. The second-order valence-corrected chi connectivity index (χ2v) is 7.48. The van der Waals surface area contributed by atoms with Crippen molar-refractivity contribution in [3.8, 4) is 0 Å². The molecule has 2 heterocycles. The number of anilines is 1.